The topological polar surface area (TPSA) is 175 Å². The molecule has 3 amide bonds. The summed E-state index contributed by atoms with van der Waals surface area (Å²) in [7, 11) is 1.31. The molecule has 0 bridgehead atoms. The van der Waals surface area contributed by atoms with E-state index in [9.17, 15) is 14.4 Å². The molecule has 13 heteroatoms. The fourth-order valence-electron chi connectivity index (χ4n) is 7.55. The van der Waals surface area contributed by atoms with Gasteiger partial charge in [0.1, 0.15) is 17.7 Å². The highest BCUT2D eigenvalue weighted by Crippen LogP contribution is 2.38. The number of carbonyl (C=O) groups is 3. The van der Waals surface area contributed by atoms with Crippen LogP contribution in [0.4, 0.5) is 4.79 Å². The number of nitrogens with one attached hydrogen (secondary N) is 3. The van der Waals surface area contributed by atoms with Gasteiger partial charge in [-0.3, -0.25) is 9.59 Å². The van der Waals surface area contributed by atoms with Gasteiger partial charge >= 0.3 is 6.09 Å². The van der Waals surface area contributed by atoms with E-state index in [2.05, 4.69) is 67.7 Å². The number of nitrogens with zero attached hydrogens (tertiary/aromatic N) is 5. The van der Waals surface area contributed by atoms with Crippen LogP contribution in [0.1, 0.15) is 69.2 Å². The number of alkyl carbamates (subject to hydrolysis) is 1. The summed E-state index contributed by atoms with van der Waals surface area (Å²) in [4.78, 5) is 62.9. The number of hydrogen-bond acceptors (Lipinski definition) is 8. The maximum absolute atomic E-state index is 13.6. The van der Waals surface area contributed by atoms with E-state index < -0.39 is 18.2 Å². The molecule has 1 aliphatic carbocycles. The molecule has 1 saturated carbocycles. The van der Waals surface area contributed by atoms with E-state index in [0.29, 0.717) is 24.6 Å². The van der Waals surface area contributed by atoms with Crippen molar-refractivity contribution >= 4 is 39.8 Å². The van der Waals surface area contributed by atoms with Gasteiger partial charge in [-0.2, -0.15) is 0 Å². The standard InChI is InChI=1S/C37H41N9O4/c1-20(38)35(47)45-13-3-5-29(45)33-40-19-28(42-33)25-12-11-22-15-24(10-9-23(22)16-25)26-17-27-32(39-18-26)44-34(41-27)30-6-4-14-46(30)36(48)31(21-7-8-21)43-37(49)50-2/h9-12,15-21,29-31H,3-8,13-14,38H2,1-2H3,(H,40,42)(H,43,49)(H,39,41,44)/t20-,29-,30-,31-/m0/s1. The number of likely N-dealkylation sites (tertiary alicyclic amines) is 2. The molecule has 3 aliphatic rings. The number of ether oxygens (including phenoxy) is 1. The molecule has 50 heavy (non-hydrogen) atoms. The Morgan fingerprint density at radius 2 is 1.52 bits per heavy atom. The van der Waals surface area contributed by atoms with Crippen molar-refractivity contribution in [3.8, 4) is 22.4 Å². The van der Waals surface area contributed by atoms with Gasteiger partial charge in [0.2, 0.25) is 11.8 Å². The number of aromatic amines is 2. The molecule has 3 fully saturated rings. The molecule has 3 aromatic heterocycles. The van der Waals surface area contributed by atoms with Crippen molar-refractivity contribution in [1.29, 1.82) is 0 Å². The fourth-order valence-corrected chi connectivity index (χ4v) is 7.55. The lowest BCUT2D eigenvalue weighted by molar-refractivity contribution is -0.135. The minimum absolute atomic E-state index is 0.0464. The number of benzene rings is 2. The molecule has 4 atom stereocenters. The van der Waals surface area contributed by atoms with Crippen LogP contribution in [0.25, 0.3) is 44.3 Å². The van der Waals surface area contributed by atoms with E-state index in [1.165, 1.54) is 7.11 Å². The number of pyridine rings is 1. The van der Waals surface area contributed by atoms with E-state index >= 15 is 0 Å². The van der Waals surface area contributed by atoms with E-state index in [4.69, 9.17) is 15.5 Å². The summed E-state index contributed by atoms with van der Waals surface area (Å²) in [5.74, 6) is 1.50. The zero-order valence-electron chi connectivity index (χ0n) is 28.2. The quantitative estimate of drug-likeness (QED) is 0.178. The first kappa shape index (κ1) is 31.9. The maximum atomic E-state index is 13.6. The van der Waals surface area contributed by atoms with Crippen LogP contribution >= 0.6 is 0 Å². The molecule has 258 valence electrons. The third-order valence-electron chi connectivity index (χ3n) is 10.3. The first-order valence-electron chi connectivity index (χ1n) is 17.4. The second kappa shape index (κ2) is 12.9. The summed E-state index contributed by atoms with van der Waals surface area (Å²) in [6, 6.07) is 13.3. The first-order chi connectivity index (χ1) is 24.3. The van der Waals surface area contributed by atoms with Crippen LogP contribution in [-0.4, -0.2) is 84.9 Å². The monoisotopic (exact) mass is 675 g/mol. The van der Waals surface area contributed by atoms with Gasteiger partial charge in [0.05, 0.1) is 42.6 Å². The van der Waals surface area contributed by atoms with Gasteiger partial charge in [0, 0.05) is 30.4 Å². The molecule has 0 unspecified atom stereocenters. The predicted molar refractivity (Wildman–Crippen MR) is 187 cm³/mol. The minimum Gasteiger partial charge on any atom is -0.453 e. The highest BCUT2D eigenvalue weighted by atomic mass is 16.5. The largest absolute Gasteiger partial charge is 0.453 e. The molecule has 5 N–H and O–H groups in total. The van der Waals surface area contributed by atoms with Crippen LogP contribution in [-0.2, 0) is 14.3 Å². The number of rotatable bonds is 8. The van der Waals surface area contributed by atoms with Crippen LogP contribution in [0.15, 0.2) is 54.9 Å². The van der Waals surface area contributed by atoms with Crippen molar-refractivity contribution in [2.24, 2.45) is 11.7 Å². The summed E-state index contributed by atoms with van der Waals surface area (Å²) in [6.07, 6.45) is 8.34. The number of aromatic nitrogens is 5. The van der Waals surface area contributed by atoms with Crippen molar-refractivity contribution in [2.75, 3.05) is 20.2 Å². The van der Waals surface area contributed by atoms with Crippen molar-refractivity contribution in [3.05, 3.63) is 66.5 Å². The molecule has 2 aromatic carbocycles. The molecule has 5 aromatic rings. The number of H-pyrrole nitrogens is 2. The number of fused-ring (bicyclic) bond motifs is 2. The fraction of sp³-hybridized carbons (Fsp3) is 0.405. The molecule has 13 nitrogen and oxygen atoms in total. The Morgan fingerprint density at radius 1 is 0.840 bits per heavy atom. The zero-order valence-corrected chi connectivity index (χ0v) is 28.2. The van der Waals surface area contributed by atoms with Gasteiger partial charge in [0.15, 0.2) is 5.65 Å². The van der Waals surface area contributed by atoms with Crippen LogP contribution < -0.4 is 11.1 Å². The smallest absolute Gasteiger partial charge is 0.407 e. The van der Waals surface area contributed by atoms with Crippen LogP contribution in [0.5, 0.6) is 0 Å². The molecular formula is C37H41N9O4. The summed E-state index contributed by atoms with van der Waals surface area (Å²) < 4.78 is 4.78. The summed E-state index contributed by atoms with van der Waals surface area (Å²) in [6.45, 7) is 3.03. The second-order valence-corrected chi connectivity index (χ2v) is 13.8. The zero-order chi connectivity index (χ0) is 34.5. The van der Waals surface area contributed by atoms with Crippen molar-refractivity contribution in [1.82, 2.24) is 40.0 Å². The number of amides is 3. The van der Waals surface area contributed by atoms with Gasteiger partial charge in [-0.15, -0.1) is 0 Å². The summed E-state index contributed by atoms with van der Waals surface area (Å²) in [5.41, 5.74) is 11.2. The van der Waals surface area contributed by atoms with Gasteiger partial charge in [-0.1, -0.05) is 24.3 Å². The van der Waals surface area contributed by atoms with Crippen molar-refractivity contribution in [3.63, 3.8) is 0 Å². The Kier molecular flexibility index (Phi) is 8.22. The van der Waals surface area contributed by atoms with Crippen molar-refractivity contribution < 1.29 is 19.1 Å². The van der Waals surface area contributed by atoms with E-state index in [-0.39, 0.29) is 29.8 Å². The minimum atomic E-state index is -0.587. The van der Waals surface area contributed by atoms with Crippen molar-refractivity contribution in [2.45, 2.75) is 69.6 Å². The predicted octanol–water partition coefficient (Wildman–Crippen LogP) is 4.98. The molecule has 2 aliphatic heterocycles. The third kappa shape index (κ3) is 5.95. The van der Waals surface area contributed by atoms with Gasteiger partial charge < -0.3 is 35.6 Å². The highest BCUT2D eigenvalue weighted by molar-refractivity contribution is 5.91. The Labute approximate surface area is 289 Å². The highest BCUT2D eigenvalue weighted by Gasteiger charge is 2.43. The Bertz CT molecular complexity index is 2100. The van der Waals surface area contributed by atoms with Gasteiger partial charge in [0.25, 0.3) is 0 Å². The second-order valence-electron chi connectivity index (χ2n) is 13.8. The Balaban J connectivity index is 1.00. The van der Waals surface area contributed by atoms with E-state index in [0.717, 1.165) is 83.0 Å². The third-order valence-corrected chi connectivity index (χ3v) is 10.3. The molecule has 0 radical (unpaired) electrons. The summed E-state index contributed by atoms with van der Waals surface area (Å²) in [5, 5.41) is 4.94. The number of carbonyl (C=O) groups excluding carboxylic acids is 3. The number of nitrogens with two attached hydrogens (primary N) is 1. The Hall–Kier alpha value is -5.30. The molecule has 0 spiro atoms. The van der Waals surface area contributed by atoms with Crippen LogP contribution in [0.2, 0.25) is 0 Å². The van der Waals surface area contributed by atoms with E-state index in [1.54, 1.807) is 6.92 Å². The first-order valence-corrected chi connectivity index (χ1v) is 17.4. The lowest BCUT2D eigenvalue weighted by atomic mass is 10.00. The van der Waals surface area contributed by atoms with Gasteiger partial charge in [-0.05, 0) is 85.9 Å². The Morgan fingerprint density at radius 3 is 2.22 bits per heavy atom. The molecular weight excluding hydrogens is 634 g/mol. The number of methoxy groups -OCH3 is 1. The number of imidazole rings is 2. The molecule has 2 saturated heterocycles. The SMILES string of the molecule is COC(=O)N[C@H](C(=O)N1CCC[C@H]1c1nc2ncc(-c3ccc4cc(-c5cnc([C@@H]6CCCN6C(=O)[C@H](C)N)[nH]5)ccc4c3)cc2[nH]1)C1CC1. The van der Waals surface area contributed by atoms with Crippen LogP contribution in [0.3, 0.4) is 0 Å². The lowest BCUT2D eigenvalue weighted by Gasteiger charge is -2.28. The average Bonchev–Trinajstić information content (AvgIpc) is 3.56. The van der Waals surface area contributed by atoms with Crippen LogP contribution in [0, 0.1) is 5.92 Å². The number of hydrogen-bond donors (Lipinski definition) is 4. The van der Waals surface area contributed by atoms with Gasteiger partial charge in [-0.25, -0.2) is 19.7 Å². The lowest BCUT2D eigenvalue weighted by Crippen LogP contribution is -2.49. The maximum Gasteiger partial charge on any atom is 0.407 e. The molecule has 5 heterocycles. The van der Waals surface area contributed by atoms with E-state index in [1.807, 2.05) is 22.2 Å². The normalized spacial score (nSPS) is 20.4. The average molecular weight is 676 g/mol. The molecule has 8 rings (SSSR count). The summed E-state index contributed by atoms with van der Waals surface area (Å²) >= 11 is 0.